The molecule has 0 bridgehead atoms. The summed E-state index contributed by atoms with van der Waals surface area (Å²) in [5.41, 5.74) is 3.14. The Bertz CT molecular complexity index is 1100. The van der Waals surface area contributed by atoms with Gasteiger partial charge in [0.15, 0.2) is 0 Å². The quantitative estimate of drug-likeness (QED) is 0.568. The van der Waals surface area contributed by atoms with Gasteiger partial charge >= 0.3 is 0 Å². The molecule has 0 spiro atoms. The molecule has 4 heteroatoms. The third kappa shape index (κ3) is 3.95. The van der Waals surface area contributed by atoms with Gasteiger partial charge in [0.25, 0.3) is 5.91 Å². The van der Waals surface area contributed by atoms with Crippen molar-refractivity contribution in [2.45, 2.75) is 32.1 Å². The van der Waals surface area contributed by atoms with Crippen LogP contribution in [0.25, 0.3) is 10.8 Å². The van der Waals surface area contributed by atoms with E-state index < -0.39 is 0 Å². The molecule has 31 heavy (non-hydrogen) atoms. The van der Waals surface area contributed by atoms with E-state index in [4.69, 9.17) is 0 Å². The maximum absolute atomic E-state index is 12.9. The highest BCUT2D eigenvalue weighted by molar-refractivity contribution is 6.25. The summed E-state index contributed by atoms with van der Waals surface area (Å²) >= 11 is 0. The lowest BCUT2D eigenvalue weighted by Crippen LogP contribution is -2.39. The normalized spacial score (nSPS) is 16.3. The molecule has 4 nitrogen and oxygen atoms in total. The van der Waals surface area contributed by atoms with E-state index in [2.05, 4.69) is 30.3 Å². The first-order valence-corrected chi connectivity index (χ1v) is 11.4. The van der Waals surface area contributed by atoms with Gasteiger partial charge in [0.1, 0.15) is 0 Å². The number of hydrogen-bond acceptors (Lipinski definition) is 2. The van der Waals surface area contributed by atoms with Crippen molar-refractivity contribution in [2.75, 3.05) is 24.5 Å². The molecule has 2 aliphatic heterocycles. The fourth-order valence-corrected chi connectivity index (χ4v) is 5.08. The SMILES string of the molecule is O=C(CCCN1C(=O)c2cccc3cccc1c23)N1CCC(Cc2ccccc2)CC1. The van der Waals surface area contributed by atoms with Crippen LogP contribution in [0.15, 0.2) is 66.7 Å². The molecule has 5 rings (SSSR count). The maximum atomic E-state index is 12.9. The number of benzene rings is 3. The van der Waals surface area contributed by atoms with Crippen molar-refractivity contribution in [3.05, 3.63) is 77.9 Å². The lowest BCUT2D eigenvalue weighted by Gasteiger charge is -2.32. The van der Waals surface area contributed by atoms with Gasteiger partial charge in [-0.1, -0.05) is 54.6 Å². The van der Waals surface area contributed by atoms with Gasteiger partial charge in [-0.05, 0) is 54.7 Å². The van der Waals surface area contributed by atoms with E-state index in [0.717, 1.165) is 54.4 Å². The highest BCUT2D eigenvalue weighted by Crippen LogP contribution is 2.37. The number of carbonyl (C=O) groups is 2. The highest BCUT2D eigenvalue weighted by atomic mass is 16.2. The Morgan fingerprint density at radius 1 is 0.903 bits per heavy atom. The van der Waals surface area contributed by atoms with Gasteiger partial charge in [0.2, 0.25) is 5.91 Å². The molecule has 1 fully saturated rings. The second-order valence-electron chi connectivity index (χ2n) is 8.76. The van der Waals surface area contributed by atoms with Gasteiger partial charge in [0.05, 0.1) is 5.69 Å². The van der Waals surface area contributed by atoms with Crippen LogP contribution < -0.4 is 4.90 Å². The van der Waals surface area contributed by atoms with Crippen molar-refractivity contribution in [2.24, 2.45) is 5.92 Å². The van der Waals surface area contributed by atoms with Gasteiger partial charge in [-0.3, -0.25) is 9.59 Å². The second kappa shape index (κ2) is 8.54. The molecule has 1 saturated heterocycles. The first-order valence-electron chi connectivity index (χ1n) is 11.4. The predicted molar refractivity (Wildman–Crippen MR) is 124 cm³/mol. The van der Waals surface area contributed by atoms with Gasteiger partial charge in [-0.15, -0.1) is 0 Å². The molecule has 0 atom stereocenters. The molecule has 158 valence electrons. The lowest BCUT2D eigenvalue weighted by atomic mass is 9.90. The minimum Gasteiger partial charge on any atom is -0.343 e. The minimum atomic E-state index is 0.0565. The fourth-order valence-electron chi connectivity index (χ4n) is 5.08. The second-order valence-corrected chi connectivity index (χ2v) is 8.76. The van der Waals surface area contributed by atoms with Gasteiger partial charge in [-0.2, -0.15) is 0 Å². The monoisotopic (exact) mass is 412 g/mol. The summed E-state index contributed by atoms with van der Waals surface area (Å²) in [6, 6.07) is 22.6. The van der Waals surface area contributed by atoms with Gasteiger partial charge < -0.3 is 9.80 Å². The molecule has 0 aliphatic carbocycles. The summed E-state index contributed by atoms with van der Waals surface area (Å²) in [6.45, 7) is 2.29. The van der Waals surface area contributed by atoms with E-state index in [-0.39, 0.29) is 11.8 Å². The van der Waals surface area contributed by atoms with E-state index in [1.165, 1.54) is 5.56 Å². The first-order chi connectivity index (χ1) is 15.2. The van der Waals surface area contributed by atoms with Gasteiger partial charge in [0, 0.05) is 37.0 Å². The molecular formula is C27H28N2O2. The van der Waals surface area contributed by atoms with Crippen molar-refractivity contribution < 1.29 is 9.59 Å². The van der Waals surface area contributed by atoms with Crippen LogP contribution in [-0.2, 0) is 11.2 Å². The number of rotatable bonds is 6. The van der Waals surface area contributed by atoms with Gasteiger partial charge in [-0.25, -0.2) is 0 Å². The van der Waals surface area contributed by atoms with Crippen molar-refractivity contribution in [3.8, 4) is 0 Å². The average Bonchev–Trinajstić information content (AvgIpc) is 3.08. The zero-order valence-electron chi connectivity index (χ0n) is 17.8. The average molecular weight is 413 g/mol. The van der Waals surface area contributed by atoms with E-state index in [1.54, 1.807) is 0 Å². The molecule has 0 saturated carbocycles. The Hall–Kier alpha value is -3.14. The smallest absolute Gasteiger partial charge is 0.258 e. The largest absolute Gasteiger partial charge is 0.343 e. The van der Waals surface area contributed by atoms with Crippen LogP contribution in [0, 0.1) is 5.92 Å². The summed E-state index contributed by atoms with van der Waals surface area (Å²) < 4.78 is 0. The van der Waals surface area contributed by atoms with Crippen molar-refractivity contribution in [1.82, 2.24) is 4.90 Å². The van der Waals surface area contributed by atoms with Crippen LogP contribution in [-0.4, -0.2) is 36.3 Å². The zero-order chi connectivity index (χ0) is 21.2. The summed E-state index contributed by atoms with van der Waals surface area (Å²) in [5, 5.41) is 2.14. The Morgan fingerprint density at radius 2 is 1.65 bits per heavy atom. The summed E-state index contributed by atoms with van der Waals surface area (Å²) in [4.78, 5) is 29.5. The third-order valence-electron chi connectivity index (χ3n) is 6.76. The van der Waals surface area contributed by atoms with Crippen molar-refractivity contribution in [1.29, 1.82) is 0 Å². The number of amides is 2. The van der Waals surface area contributed by atoms with Crippen LogP contribution in [0.4, 0.5) is 5.69 Å². The number of likely N-dealkylation sites (tertiary alicyclic amines) is 1. The molecule has 2 aliphatic rings. The van der Waals surface area contributed by atoms with E-state index in [9.17, 15) is 9.59 Å². The predicted octanol–water partition coefficient (Wildman–Crippen LogP) is 5.06. The summed E-state index contributed by atoms with van der Waals surface area (Å²) in [6.07, 6.45) is 4.44. The molecule has 0 radical (unpaired) electrons. The summed E-state index contributed by atoms with van der Waals surface area (Å²) in [7, 11) is 0. The number of anilines is 1. The Morgan fingerprint density at radius 3 is 2.42 bits per heavy atom. The number of piperidine rings is 1. The van der Waals surface area contributed by atoms with Crippen LogP contribution in [0.3, 0.4) is 0 Å². The third-order valence-corrected chi connectivity index (χ3v) is 6.76. The van der Waals surface area contributed by atoms with Crippen molar-refractivity contribution >= 4 is 28.3 Å². The molecule has 0 aromatic heterocycles. The van der Waals surface area contributed by atoms with Crippen LogP contribution >= 0.6 is 0 Å². The standard InChI is InChI=1S/C27H28N2O2/c30-25(28-17-14-21(15-18-28)19-20-7-2-1-3-8-20)13-6-16-29-24-12-5-10-22-9-4-11-23(26(22)24)27(29)31/h1-5,7-12,21H,6,13-19H2. The Kier molecular flexibility index (Phi) is 5.46. The molecule has 3 aromatic carbocycles. The van der Waals surface area contributed by atoms with E-state index >= 15 is 0 Å². The van der Waals surface area contributed by atoms with E-state index in [0.29, 0.717) is 25.3 Å². The Labute approximate surface area is 183 Å². The topological polar surface area (TPSA) is 40.6 Å². The molecule has 2 heterocycles. The number of nitrogens with zero attached hydrogens (tertiary/aromatic N) is 2. The van der Waals surface area contributed by atoms with E-state index in [1.807, 2.05) is 46.2 Å². The number of hydrogen-bond donors (Lipinski definition) is 0. The minimum absolute atomic E-state index is 0.0565. The fraction of sp³-hybridized carbons (Fsp3) is 0.333. The summed E-state index contributed by atoms with van der Waals surface area (Å²) in [5.74, 6) is 0.939. The van der Waals surface area contributed by atoms with Crippen LogP contribution in [0.1, 0.15) is 41.6 Å². The highest BCUT2D eigenvalue weighted by Gasteiger charge is 2.29. The maximum Gasteiger partial charge on any atom is 0.258 e. The van der Waals surface area contributed by atoms with Crippen molar-refractivity contribution in [3.63, 3.8) is 0 Å². The molecule has 0 unspecified atom stereocenters. The molecule has 0 N–H and O–H groups in total. The van der Waals surface area contributed by atoms with Crippen LogP contribution in [0.2, 0.25) is 0 Å². The number of carbonyl (C=O) groups excluding carboxylic acids is 2. The Balaban J connectivity index is 1.12. The molecule has 2 amide bonds. The first kappa shape index (κ1) is 19.8. The molecular weight excluding hydrogens is 384 g/mol. The lowest BCUT2D eigenvalue weighted by molar-refractivity contribution is -0.132. The molecule has 3 aromatic rings. The zero-order valence-corrected chi connectivity index (χ0v) is 17.8. The van der Waals surface area contributed by atoms with Crippen LogP contribution in [0.5, 0.6) is 0 Å².